The minimum absolute atomic E-state index is 0.0777. The molecule has 1 amide bonds. The van der Waals surface area contributed by atoms with E-state index in [-0.39, 0.29) is 11.9 Å². The van der Waals surface area contributed by atoms with Gasteiger partial charge in [0.25, 0.3) is 0 Å². The number of carbonyl (C=O) groups is 1. The van der Waals surface area contributed by atoms with Crippen LogP contribution in [0, 0.1) is 0 Å². The van der Waals surface area contributed by atoms with E-state index in [1.807, 2.05) is 31.2 Å². The van der Waals surface area contributed by atoms with Crippen LogP contribution in [0.3, 0.4) is 0 Å². The SMILES string of the molecule is CC(CN1CCOCC1)NC(=O)C=Cc1nc2ccccc2o1. The molecular weight excluding hydrogens is 294 g/mol. The number of aromatic nitrogens is 1. The average Bonchev–Trinajstić information content (AvgIpc) is 2.96. The molecule has 2 heterocycles. The van der Waals surface area contributed by atoms with Crippen LogP contribution in [-0.2, 0) is 9.53 Å². The number of nitrogens with one attached hydrogen (secondary N) is 1. The normalized spacial score (nSPS) is 17.6. The van der Waals surface area contributed by atoms with Crippen molar-refractivity contribution in [3.05, 3.63) is 36.2 Å². The summed E-state index contributed by atoms with van der Waals surface area (Å²) in [5.41, 5.74) is 1.50. The van der Waals surface area contributed by atoms with Crippen LogP contribution in [0.25, 0.3) is 17.2 Å². The summed E-state index contributed by atoms with van der Waals surface area (Å²) in [5, 5.41) is 2.95. The van der Waals surface area contributed by atoms with Gasteiger partial charge in [0.1, 0.15) is 5.52 Å². The second-order valence-corrected chi connectivity index (χ2v) is 5.68. The van der Waals surface area contributed by atoms with Gasteiger partial charge in [0, 0.05) is 37.8 Å². The largest absolute Gasteiger partial charge is 0.437 e. The molecule has 1 fully saturated rings. The summed E-state index contributed by atoms with van der Waals surface area (Å²) in [4.78, 5) is 18.6. The number of rotatable bonds is 5. The molecule has 1 N–H and O–H groups in total. The van der Waals surface area contributed by atoms with Gasteiger partial charge in [0.05, 0.1) is 13.2 Å². The number of para-hydroxylation sites is 2. The first-order chi connectivity index (χ1) is 11.2. The van der Waals surface area contributed by atoms with E-state index < -0.39 is 0 Å². The molecule has 0 saturated carbocycles. The number of amides is 1. The van der Waals surface area contributed by atoms with Crippen molar-refractivity contribution >= 4 is 23.1 Å². The zero-order valence-electron chi connectivity index (χ0n) is 13.2. The molecular formula is C17H21N3O3. The first-order valence-electron chi connectivity index (χ1n) is 7.85. The van der Waals surface area contributed by atoms with Crippen LogP contribution in [0.4, 0.5) is 0 Å². The molecule has 1 aliphatic heterocycles. The van der Waals surface area contributed by atoms with Gasteiger partial charge in [-0.1, -0.05) is 12.1 Å². The zero-order valence-corrected chi connectivity index (χ0v) is 13.2. The molecule has 0 aliphatic carbocycles. The fourth-order valence-corrected chi connectivity index (χ4v) is 2.62. The van der Waals surface area contributed by atoms with Crippen molar-refractivity contribution in [2.24, 2.45) is 0 Å². The smallest absolute Gasteiger partial charge is 0.244 e. The highest BCUT2D eigenvalue weighted by atomic mass is 16.5. The van der Waals surface area contributed by atoms with Crippen molar-refractivity contribution in [3.63, 3.8) is 0 Å². The molecule has 1 saturated heterocycles. The summed E-state index contributed by atoms with van der Waals surface area (Å²) < 4.78 is 10.9. The van der Waals surface area contributed by atoms with Crippen LogP contribution in [0.2, 0.25) is 0 Å². The number of oxazole rings is 1. The molecule has 1 atom stereocenters. The van der Waals surface area contributed by atoms with Crippen molar-refractivity contribution in [2.45, 2.75) is 13.0 Å². The molecule has 6 heteroatoms. The Morgan fingerprint density at radius 1 is 1.39 bits per heavy atom. The molecule has 1 aromatic carbocycles. The molecule has 3 rings (SSSR count). The highest BCUT2D eigenvalue weighted by Crippen LogP contribution is 2.15. The number of nitrogens with zero attached hydrogens (tertiary/aromatic N) is 2. The number of hydrogen-bond donors (Lipinski definition) is 1. The minimum Gasteiger partial charge on any atom is -0.437 e. The highest BCUT2D eigenvalue weighted by molar-refractivity contribution is 5.91. The topological polar surface area (TPSA) is 67.6 Å². The maximum atomic E-state index is 12.0. The lowest BCUT2D eigenvalue weighted by molar-refractivity contribution is -0.117. The third-order valence-corrected chi connectivity index (χ3v) is 3.71. The van der Waals surface area contributed by atoms with Crippen LogP contribution in [0.5, 0.6) is 0 Å². The fourth-order valence-electron chi connectivity index (χ4n) is 2.62. The number of hydrogen-bond acceptors (Lipinski definition) is 5. The number of morpholine rings is 1. The third-order valence-electron chi connectivity index (χ3n) is 3.71. The van der Waals surface area contributed by atoms with Crippen molar-refractivity contribution < 1.29 is 13.9 Å². The fraction of sp³-hybridized carbons (Fsp3) is 0.412. The Morgan fingerprint density at radius 3 is 2.96 bits per heavy atom. The van der Waals surface area contributed by atoms with Crippen LogP contribution in [-0.4, -0.2) is 54.7 Å². The summed E-state index contributed by atoms with van der Waals surface area (Å²) in [6.07, 6.45) is 3.05. The lowest BCUT2D eigenvalue weighted by Crippen LogP contribution is -2.45. The number of ether oxygens (including phenoxy) is 1. The summed E-state index contributed by atoms with van der Waals surface area (Å²) in [7, 11) is 0. The van der Waals surface area contributed by atoms with E-state index in [1.54, 1.807) is 6.08 Å². The van der Waals surface area contributed by atoms with E-state index >= 15 is 0 Å². The van der Waals surface area contributed by atoms with E-state index in [1.165, 1.54) is 6.08 Å². The molecule has 1 unspecified atom stereocenters. The Kier molecular flexibility index (Phi) is 5.05. The zero-order chi connectivity index (χ0) is 16.1. The van der Waals surface area contributed by atoms with Gasteiger partial charge in [-0.2, -0.15) is 0 Å². The van der Waals surface area contributed by atoms with E-state index in [0.29, 0.717) is 11.5 Å². The predicted molar refractivity (Wildman–Crippen MR) is 87.9 cm³/mol. The number of carbonyl (C=O) groups excluding carboxylic acids is 1. The van der Waals surface area contributed by atoms with Gasteiger partial charge < -0.3 is 14.5 Å². The first-order valence-corrected chi connectivity index (χ1v) is 7.85. The molecule has 0 bridgehead atoms. The van der Waals surface area contributed by atoms with Crippen LogP contribution in [0.15, 0.2) is 34.8 Å². The van der Waals surface area contributed by atoms with Gasteiger partial charge in [-0.3, -0.25) is 9.69 Å². The van der Waals surface area contributed by atoms with Gasteiger partial charge in [0.15, 0.2) is 5.58 Å². The Labute approximate surface area is 135 Å². The highest BCUT2D eigenvalue weighted by Gasteiger charge is 2.14. The van der Waals surface area contributed by atoms with Gasteiger partial charge in [-0.05, 0) is 19.1 Å². The summed E-state index contributed by atoms with van der Waals surface area (Å²) in [5.74, 6) is 0.287. The third kappa shape index (κ3) is 4.40. The van der Waals surface area contributed by atoms with Crippen LogP contribution >= 0.6 is 0 Å². The maximum absolute atomic E-state index is 12.0. The molecule has 1 aliphatic rings. The predicted octanol–water partition coefficient (Wildman–Crippen LogP) is 1.68. The molecule has 0 radical (unpaired) electrons. The van der Waals surface area contributed by atoms with E-state index in [9.17, 15) is 4.79 Å². The summed E-state index contributed by atoms with van der Waals surface area (Å²) >= 11 is 0. The van der Waals surface area contributed by atoms with Crippen LogP contribution < -0.4 is 5.32 Å². The molecule has 2 aromatic rings. The van der Waals surface area contributed by atoms with E-state index in [4.69, 9.17) is 9.15 Å². The molecule has 0 spiro atoms. The van der Waals surface area contributed by atoms with Gasteiger partial charge >= 0.3 is 0 Å². The molecule has 23 heavy (non-hydrogen) atoms. The Bertz CT molecular complexity index is 656. The first kappa shape index (κ1) is 15.7. The Morgan fingerprint density at radius 2 is 2.17 bits per heavy atom. The molecule has 6 nitrogen and oxygen atoms in total. The average molecular weight is 315 g/mol. The van der Waals surface area contributed by atoms with Crippen molar-refractivity contribution in [1.82, 2.24) is 15.2 Å². The standard InChI is InChI=1S/C17H21N3O3/c1-13(12-20-8-10-22-11-9-20)18-16(21)6-7-17-19-14-4-2-3-5-15(14)23-17/h2-7,13H,8-12H2,1H3,(H,18,21). The van der Waals surface area contributed by atoms with Crippen molar-refractivity contribution in [2.75, 3.05) is 32.8 Å². The lowest BCUT2D eigenvalue weighted by Gasteiger charge is -2.29. The maximum Gasteiger partial charge on any atom is 0.244 e. The van der Waals surface area contributed by atoms with Gasteiger partial charge in [-0.15, -0.1) is 0 Å². The Balaban J connectivity index is 1.51. The van der Waals surface area contributed by atoms with Crippen molar-refractivity contribution in [3.8, 4) is 0 Å². The van der Waals surface area contributed by atoms with Crippen molar-refractivity contribution in [1.29, 1.82) is 0 Å². The quantitative estimate of drug-likeness (QED) is 0.850. The second kappa shape index (κ2) is 7.39. The Hall–Kier alpha value is -2.18. The lowest BCUT2D eigenvalue weighted by atomic mass is 10.3. The minimum atomic E-state index is -0.145. The van der Waals surface area contributed by atoms with E-state index in [0.717, 1.165) is 38.4 Å². The second-order valence-electron chi connectivity index (χ2n) is 5.68. The molecule has 122 valence electrons. The monoisotopic (exact) mass is 315 g/mol. The number of fused-ring (bicyclic) bond motifs is 1. The van der Waals surface area contributed by atoms with E-state index in [2.05, 4.69) is 15.2 Å². The summed E-state index contributed by atoms with van der Waals surface area (Å²) in [6, 6.07) is 7.60. The number of benzene rings is 1. The summed E-state index contributed by atoms with van der Waals surface area (Å²) in [6.45, 7) is 6.18. The van der Waals surface area contributed by atoms with Crippen LogP contribution in [0.1, 0.15) is 12.8 Å². The molecule has 1 aromatic heterocycles. The van der Waals surface area contributed by atoms with Gasteiger partial charge in [0.2, 0.25) is 11.8 Å². The van der Waals surface area contributed by atoms with Gasteiger partial charge in [-0.25, -0.2) is 4.98 Å².